The molecule has 1 saturated heterocycles. The first-order valence-corrected chi connectivity index (χ1v) is 10.9. The molecule has 5 rings (SSSR count). The average molecular weight is 401 g/mol. The number of anilines is 2. The summed E-state index contributed by atoms with van der Waals surface area (Å²) in [5, 5.41) is 5.95. The molecule has 0 N–H and O–H groups in total. The van der Waals surface area contributed by atoms with Gasteiger partial charge in [0.05, 0.1) is 5.39 Å². The van der Waals surface area contributed by atoms with E-state index in [0.717, 1.165) is 72.9 Å². The highest BCUT2D eigenvalue weighted by Crippen LogP contribution is 2.28. The van der Waals surface area contributed by atoms with Crippen molar-refractivity contribution in [1.29, 1.82) is 0 Å². The fraction of sp³-hybridized carbons (Fsp3) is 0.375. The first-order chi connectivity index (χ1) is 14.6. The smallest absolute Gasteiger partial charge is 0.184 e. The van der Waals surface area contributed by atoms with Gasteiger partial charge in [-0.15, -0.1) is 5.10 Å². The zero-order valence-electron chi connectivity index (χ0n) is 18.0. The number of pyridine rings is 1. The third kappa shape index (κ3) is 3.26. The van der Waals surface area contributed by atoms with Crippen LogP contribution in [-0.2, 0) is 6.42 Å². The molecule has 154 valence electrons. The van der Waals surface area contributed by atoms with Crippen molar-refractivity contribution in [3.63, 3.8) is 0 Å². The summed E-state index contributed by atoms with van der Waals surface area (Å²) >= 11 is 0. The predicted octanol–water partition coefficient (Wildman–Crippen LogP) is 4.17. The molecule has 30 heavy (non-hydrogen) atoms. The number of hydrogen-bond acceptors (Lipinski definition) is 5. The minimum absolute atomic E-state index is 0.790. The van der Waals surface area contributed by atoms with E-state index in [9.17, 15) is 0 Å². The Morgan fingerprint density at radius 2 is 1.63 bits per heavy atom. The maximum atomic E-state index is 4.99. The monoisotopic (exact) mass is 400 g/mol. The zero-order chi connectivity index (χ0) is 20.7. The lowest BCUT2D eigenvalue weighted by Crippen LogP contribution is -2.47. The maximum absolute atomic E-state index is 4.99. The van der Waals surface area contributed by atoms with E-state index in [2.05, 4.69) is 71.1 Å². The van der Waals surface area contributed by atoms with E-state index in [1.165, 1.54) is 11.3 Å². The van der Waals surface area contributed by atoms with Crippen molar-refractivity contribution in [1.82, 2.24) is 19.6 Å². The second-order valence-electron chi connectivity index (χ2n) is 8.18. The molecule has 0 aliphatic carbocycles. The number of nitrogens with zero attached hydrogens (tertiary/aromatic N) is 6. The first-order valence-electron chi connectivity index (χ1n) is 10.9. The fourth-order valence-corrected chi connectivity index (χ4v) is 4.50. The Bertz CT molecular complexity index is 1190. The van der Waals surface area contributed by atoms with Gasteiger partial charge in [0.25, 0.3) is 0 Å². The molecule has 4 aromatic rings. The number of piperazine rings is 1. The van der Waals surface area contributed by atoms with E-state index >= 15 is 0 Å². The molecule has 6 nitrogen and oxygen atoms in total. The van der Waals surface area contributed by atoms with E-state index in [-0.39, 0.29) is 0 Å². The summed E-state index contributed by atoms with van der Waals surface area (Å²) in [6.45, 7) is 10.3. The Morgan fingerprint density at radius 3 is 2.37 bits per heavy atom. The van der Waals surface area contributed by atoms with Crippen LogP contribution in [-0.4, -0.2) is 45.8 Å². The second kappa shape index (κ2) is 7.59. The lowest BCUT2D eigenvalue weighted by Gasteiger charge is -2.37. The van der Waals surface area contributed by atoms with Crippen LogP contribution in [0, 0.1) is 13.8 Å². The van der Waals surface area contributed by atoms with E-state index in [1.807, 2.05) is 11.4 Å². The molecule has 1 aliphatic heterocycles. The van der Waals surface area contributed by atoms with E-state index in [4.69, 9.17) is 10.1 Å². The van der Waals surface area contributed by atoms with Crippen molar-refractivity contribution in [2.24, 2.45) is 0 Å². The van der Waals surface area contributed by atoms with Crippen LogP contribution in [0.1, 0.15) is 30.3 Å². The summed E-state index contributed by atoms with van der Waals surface area (Å²) in [5.41, 5.74) is 6.33. The molecule has 1 aliphatic rings. The molecule has 0 atom stereocenters. The molecule has 0 amide bonds. The molecular formula is C24H28N6. The van der Waals surface area contributed by atoms with Crippen LogP contribution >= 0.6 is 0 Å². The third-order valence-electron chi connectivity index (χ3n) is 5.94. The highest BCUT2D eigenvalue weighted by Gasteiger charge is 2.22. The molecule has 1 fully saturated rings. The minimum Gasteiger partial charge on any atom is -0.368 e. The summed E-state index contributed by atoms with van der Waals surface area (Å²) in [6, 6.07) is 15.0. The summed E-state index contributed by atoms with van der Waals surface area (Å²) in [5.74, 6) is 1.13. The zero-order valence-corrected chi connectivity index (χ0v) is 18.0. The minimum atomic E-state index is 0.790. The Kier molecular flexibility index (Phi) is 4.77. The Labute approximate surface area is 177 Å². The maximum Gasteiger partial charge on any atom is 0.184 e. The molecule has 0 spiro atoms. The van der Waals surface area contributed by atoms with Crippen molar-refractivity contribution in [2.45, 2.75) is 33.6 Å². The molecule has 4 heterocycles. The Morgan fingerprint density at radius 1 is 0.900 bits per heavy atom. The van der Waals surface area contributed by atoms with E-state index in [0.29, 0.717) is 0 Å². The molecule has 3 aromatic heterocycles. The van der Waals surface area contributed by atoms with Crippen LogP contribution < -0.4 is 9.80 Å². The van der Waals surface area contributed by atoms with Gasteiger partial charge in [-0.05, 0) is 44.0 Å². The van der Waals surface area contributed by atoms with Crippen LogP contribution in [0.4, 0.5) is 11.5 Å². The summed E-state index contributed by atoms with van der Waals surface area (Å²) in [6.07, 6.45) is 2.05. The van der Waals surface area contributed by atoms with Gasteiger partial charge in [0.2, 0.25) is 0 Å². The van der Waals surface area contributed by atoms with Gasteiger partial charge in [-0.3, -0.25) is 0 Å². The van der Waals surface area contributed by atoms with Crippen LogP contribution in [0.2, 0.25) is 0 Å². The normalized spacial score (nSPS) is 14.8. The average Bonchev–Trinajstić information content (AvgIpc) is 3.12. The van der Waals surface area contributed by atoms with Gasteiger partial charge in [0.15, 0.2) is 11.3 Å². The number of hydrogen-bond donors (Lipinski definition) is 0. The molecule has 0 unspecified atom stereocenters. The van der Waals surface area contributed by atoms with Gasteiger partial charge in [-0.1, -0.05) is 31.5 Å². The van der Waals surface area contributed by atoms with Crippen molar-refractivity contribution in [2.75, 3.05) is 36.0 Å². The largest absolute Gasteiger partial charge is 0.368 e. The molecule has 6 heteroatoms. The summed E-state index contributed by atoms with van der Waals surface area (Å²) < 4.78 is 2.02. The van der Waals surface area contributed by atoms with Crippen LogP contribution in [0.15, 0.2) is 42.5 Å². The van der Waals surface area contributed by atoms with Crippen LogP contribution in [0.5, 0.6) is 0 Å². The number of aromatic nitrogens is 4. The van der Waals surface area contributed by atoms with Crippen molar-refractivity contribution in [3.8, 4) is 0 Å². The highest BCUT2D eigenvalue weighted by molar-refractivity contribution is 5.93. The third-order valence-corrected chi connectivity index (χ3v) is 5.94. The quantitative estimate of drug-likeness (QED) is 0.514. The van der Waals surface area contributed by atoms with Crippen molar-refractivity contribution < 1.29 is 0 Å². The van der Waals surface area contributed by atoms with E-state index < -0.39 is 0 Å². The second-order valence-corrected chi connectivity index (χ2v) is 8.18. The van der Waals surface area contributed by atoms with E-state index in [1.54, 1.807) is 0 Å². The Hall–Kier alpha value is -3.15. The number of rotatable bonds is 4. The molecule has 1 aromatic carbocycles. The highest BCUT2D eigenvalue weighted by atomic mass is 15.4. The van der Waals surface area contributed by atoms with Gasteiger partial charge >= 0.3 is 0 Å². The summed E-state index contributed by atoms with van der Waals surface area (Å²) in [7, 11) is 0. The standard InChI is InChI=1S/C24H28N6/c1-4-8-19-16-21(29-13-11-28(12-14-29)20-9-6-5-7-10-20)30-24(26-19)22-17(2)15-18(3)25-23(22)27-30/h5-7,9-10,15-16H,4,8,11-14H2,1-3H3. The SMILES string of the molecule is CCCc1cc(N2CCN(c3ccccc3)CC2)n2nc3nc(C)cc(C)c3c2n1. The van der Waals surface area contributed by atoms with Gasteiger partial charge in [0, 0.05) is 49.3 Å². The van der Waals surface area contributed by atoms with Gasteiger partial charge in [0.1, 0.15) is 5.82 Å². The topological polar surface area (TPSA) is 49.6 Å². The fourth-order valence-electron chi connectivity index (χ4n) is 4.50. The Balaban J connectivity index is 1.56. The predicted molar refractivity (Wildman–Crippen MR) is 123 cm³/mol. The molecular weight excluding hydrogens is 372 g/mol. The lowest BCUT2D eigenvalue weighted by molar-refractivity contribution is 0.638. The number of fused-ring (bicyclic) bond motifs is 3. The lowest BCUT2D eigenvalue weighted by atomic mass is 10.1. The first kappa shape index (κ1) is 18.9. The van der Waals surface area contributed by atoms with Gasteiger partial charge in [-0.2, -0.15) is 4.52 Å². The number of benzene rings is 1. The van der Waals surface area contributed by atoms with Gasteiger partial charge in [-0.25, -0.2) is 9.97 Å². The van der Waals surface area contributed by atoms with Crippen LogP contribution in [0.3, 0.4) is 0 Å². The number of para-hydroxylation sites is 1. The van der Waals surface area contributed by atoms with Gasteiger partial charge < -0.3 is 9.80 Å². The van der Waals surface area contributed by atoms with Crippen molar-refractivity contribution >= 4 is 28.2 Å². The summed E-state index contributed by atoms with van der Waals surface area (Å²) in [4.78, 5) is 14.6. The number of aryl methyl sites for hydroxylation is 3. The molecule has 0 saturated carbocycles. The molecule has 0 radical (unpaired) electrons. The molecule has 0 bridgehead atoms. The van der Waals surface area contributed by atoms with Crippen molar-refractivity contribution in [3.05, 3.63) is 59.4 Å². The van der Waals surface area contributed by atoms with Crippen LogP contribution in [0.25, 0.3) is 16.7 Å².